The normalized spacial score (nSPS) is 32.3. The Morgan fingerprint density at radius 3 is 1.23 bits per heavy atom. The van der Waals surface area contributed by atoms with Gasteiger partial charge in [-0.05, 0) is 0 Å². The second-order valence-corrected chi connectivity index (χ2v) is 9.31. The van der Waals surface area contributed by atoms with Crippen LogP contribution in [0.3, 0.4) is 0 Å². The summed E-state index contributed by atoms with van der Waals surface area (Å²) in [6.45, 7) is -10.1. The molecule has 2 rings (SSSR count). The van der Waals surface area contributed by atoms with E-state index in [0.717, 1.165) is 0 Å². The molecule has 2 heterocycles. The highest BCUT2D eigenvalue weighted by Crippen LogP contribution is 2.35. The summed E-state index contributed by atoms with van der Waals surface area (Å²) in [4.78, 5) is 98.7. The zero-order chi connectivity index (χ0) is 41.2. The molecule has 264 valence electrons. The summed E-state index contributed by atoms with van der Waals surface area (Å²) in [7, 11) is 0. The van der Waals surface area contributed by atoms with E-state index in [1.165, 1.54) is 0 Å². The van der Waals surface area contributed by atoms with Gasteiger partial charge in [-0.1, -0.05) is 0 Å². The molecule has 0 aromatic heterocycles. The molecular weight excluding hydrogens is 640 g/mol. The third-order valence-electron chi connectivity index (χ3n) is 5.88. The summed E-state index contributed by atoms with van der Waals surface area (Å²) < 4.78 is 118. The summed E-state index contributed by atoms with van der Waals surface area (Å²) in [5.41, 5.74) is 0. The molecule has 0 bridgehead atoms. The number of carbonyl (C=O) groups is 8. The van der Waals surface area contributed by atoms with E-state index in [1.807, 2.05) is 0 Å². The van der Waals surface area contributed by atoms with Crippen LogP contribution in [-0.4, -0.2) is 122 Å². The molecule has 2 aliphatic heterocycles. The zero-order valence-electron chi connectivity index (χ0n) is 32.6. The van der Waals surface area contributed by atoms with Crippen LogP contribution in [-0.2, 0) is 90.5 Å². The predicted octanol–water partition coefficient (Wildman–Crippen LogP) is -0.831. The lowest BCUT2D eigenvalue weighted by molar-refractivity contribution is -0.357. The van der Waals surface area contributed by atoms with Crippen molar-refractivity contribution in [1.82, 2.24) is 0 Å². The average molecular weight is 687 g/mol. The molecule has 19 nitrogen and oxygen atoms in total. The first-order valence-electron chi connectivity index (χ1n) is 18.6. The highest BCUT2D eigenvalue weighted by atomic mass is 16.8. The van der Waals surface area contributed by atoms with Crippen molar-refractivity contribution in [3.05, 3.63) is 0 Å². The van der Waals surface area contributed by atoms with Crippen LogP contribution in [0.15, 0.2) is 0 Å². The second kappa shape index (κ2) is 17.5. The molecule has 2 fully saturated rings. The minimum Gasteiger partial charge on any atom is -0.463 e. The van der Waals surface area contributed by atoms with Gasteiger partial charge in [-0.25, -0.2) is 0 Å². The molecule has 0 spiro atoms. The molecule has 2 saturated heterocycles. The van der Waals surface area contributed by atoms with Gasteiger partial charge < -0.3 is 52.1 Å². The van der Waals surface area contributed by atoms with E-state index >= 15 is 0 Å². The number of esters is 8. The number of ether oxygens (including phenoxy) is 11. The molecular formula is C28H38O19. The van der Waals surface area contributed by atoms with Gasteiger partial charge in [-0.3, -0.25) is 38.4 Å². The van der Waals surface area contributed by atoms with Gasteiger partial charge in [0, 0.05) is 66.2 Å². The van der Waals surface area contributed by atoms with Gasteiger partial charge >= 0.3 is 47.8 Å². The summed E-state index contributed by atoms with van der Waals surface area (Å²) in [5.74, 6) is -10.3. The van der Waals surface area contributed by atoms with E-state index in [2.05, 4.69) is 0 Å². The molecule has 47 heavy (non-hydrogen) atoms. The average Bonchev–Trinajstić information content (AvgIpc) is 3.19. The number of carbonyl (C=O) groups excluding carboxylic acids is 8. The Morgan fingerprint density at radius 1 is 0.426 bits per heavy atom. The van der Waals surface area contributed by atoms with Crippen LogP contribution in [0.25, 0.3) is 0 Å². The zero-order valence-corrected chi connectivity index (χ0v) is 24.6. The van der Waals surface area contributed by atoms with Crippen molar-refractivity contribution in [1.29, 1.82) is 0 Å². The van der Waals surface area contributed by atoms with E-state index < -0.39 is 178 Å². The van der Waals surface area contributed by atoms with E-state index in [0.29, 0.717) is 0 Å². The van der Waals surface area contributed by atoms with Crippen LogP contribution in [0.1, 0.15) is 66.2 Å². The lowest BCUT2D eigenvalue weighted by Crippen LogP contribution is -2.67. The maximum atomic E-state index is 12.6. The number of hydrogen-bond acceptors (Lipinski definition) is 19. The SMILES string of the molecule is [2H]CC(=O)OC[C@H]1O[C@@H](O[C@H]2[C@H](OC(=O)C[2H])[C@@H](OC(=O)C[2H])C(OC(=O)C[2H])O[C@@H]2COC(=O)C[2H])[C@H](OC(=O)C[2H])[C@@H](OC(=O)C[2H])[C@H]1OC(=O)C[2H]. The van der Waals surface area contributed by atoms with Gasteiger partial charge in [0.15, 0.2) is 30.7 Å². The molecule has 1 unspecified atom stereocenters. The fourth-order valence-electron chi connectivity index (χ4n) is 4.45. The van der Waals surface area contributed by atoms with Crippen molar-refractivity contribution >= 4 is 47.8 Å². The Bertz CT molecular complexity index is 1360. The summed E-state index contributed by atoms with van der Waals surface area (Å²) in [6, 6.07) is 0. The minimum atomic E-state index is -2.22. The van der Waals surface area contributed by atoms with Crippen molar-refractivity contribution in [2.45, 2.75) is 117 Å². The Kier molecular flexibility index (Phi) is 10.3. The molecule has 0 radical (unpaired) electrons. The van der Waals surface area contributed by atoms with Crippen LogP contribution < -0.4 is 0 Å². The monoisotopic (exact) mass is 686 g/mol. The van der Waals surface area contributed by atoms with Gasteiger partial charge in [0.25, 0.3) is 0 Å². The van der Waals surface area contributed by atoms with E-state index in [1.54, 1.807) is 0 Å². The lowest BCUT2D eigenvalue weighted by Gasteiger charge is -2.48. The lowest BCUT2D eigenvalue weighted by atomic mass is 9.96. The first-order chi connectivity index (χ1) is 26.2. The third kappa shape index (κ3) is 12.1. The molecule has 0 aliphatic carbocycles. The van der Waals surface area contributed by atoms with Crippen LogP contribution in [0.2, 0.25) is 0 Å². The molecule has 0 aromatic rings. The van der Waals surface area contributed by atoms with Gasteiger partial charge in [-0.2, -0.15) is 0 Å². The molecule has 0 N–H and O–H groups in total. The molecule has 10 atom stereocenters. The van der Waals surface area contributed by atoms with Crippen molar-refractivity contribution in [2.75, 3.05) is 13.2 Å². The number of rotatable bonds is 12. The Morgan fingerprint density at radius 2 is 0.766 bits per heavy atom. The van der Waals surface area contributed by atoms with Crippen LogP contribution in [0, 0.1) is 0 Å². The Labute approximate surface area is 279 Å². The Hall–Kier alpha value is -4.36. The van der Waals surface area contributed by atoms with E-state index in [9.17, 15) is 38.4 Å². The first-order valence-corrected chi connectivity index (χ1v) is 13.0. The quantitative estimate of drug-likeness (QED) is 0.180. The molecule has 0 amide bonds. The molecule has 19 heteroatoms. The standard InChI is InChI=1S/C28H38O19/c1-11(29)37-9-19-21(39-13(3)31)23(40-14(4)32)26(43-17(7)35)28(46-19)47-22-20(10-38-12(2)30)45-27(44-18(8)36)25(42-16(6)34)24(22)41-15(5)33/h19-28H,9-10H2,1-8H3/t19-,20-,21+,22-,23+,24+,25-,26-,27?,28+/m1/s1/i1D,2D,3D,4D,5D,6D,7D,8D. The fraction of sp³-hybridized carbons (Fsp3) is 0.714. The second-order valence-electron chi connectivity index (χ2n) is 9.31. The van der Waals surface area contributed by atoms with Crippen molar-refractivity contribution in [3.8, 4) is 0 Å². The largest absolute Gasteiger partial charge is 0.463 e. The molecule has 0 aromatic carbocycles. The van der Waals surface area contributed by atoms with Crippen molar-refractivity contribution < 1.29 is 101 Å². The van der Waals surface area contributed by atoms with E-state index in [4.69, 9.17) is 63.1 Å². The van der Waals surface area contributed by atoms with Gasteiger partial charge in [0.2, 0.25) is 12.4 Å². The topological polar surface area (TPSA) is 238 Å². The summed E-state index contributed by atoms with van der Waals surface area (Å²) in [6.07, 6.45) is -20.3. The highest BCUT2D eigenvalue weighted by molar-refractivity contribution is 5.70. The maximum absolute atomic E-state index is 12.6. The smallest absolute Gasteiger partial charge is 0.305 e. The maximum Gasteiger partial charge on any atom is 0.305 e. The van der Waals surface area contributed by atoms with E-state index in [-0.39, 0.29) is 0 Å². The van der Waals surface area contributed by atoms with Crippen LogP contribution in [0.5, 0.6) is 0 Å². The molecule has 2 aliphatic rings. The summed E-state index contributed by atoms with van der Waals surface area (Å²) in [5, 5.41) is 0. The summed E-state index contributed by atoms with van der Waals surface area (Å²) >= 11 is 0. The van der Waals surface area contributed by atoms with Gasteiger partial charge in [0.1, 0.15) is 31.5 Å². The Balaban J connectivity index is 2.87. The minimum absolute atomic E-state index is 0.917. The van der Waals surface area contributed by atoms with Gasteiger partial charge in [-0.15, -0.1) is 0 Å². The van der Waals surface area contributed by atoms with Crippen molar-refractivity contribution in [3.63, 3.8) is 0 Å². The first kappa shape index (κ1) is 27.7. The predicted molar refractivity (Wildman–Crippen MR) is 145 cm³/mol. The van der Waals surface area contributed by atoms with Crippen LogP contribution in [0.4, 0.5) is 0 Å². The fourth-order valence-corrected chi connectivity index (χ4v) is 4.45. The molecule has 0 saturated carbocycles. The van der Waals surface area contributed by atoms with Gasteiger partial charge in [0.05, 0.1) is 0 Å². The number of hydrogen-bond donors (Lipinski definition) is 0. The third-order valence-corrected chi connectivity index (χ3v) is 5.88. The van der Waals surface area contributed by atoms with Crippen LogP contribution >= 0.6 is 0 Å². The highest BCUT2D eigenvalue weighted by Gasteiger charge is 2.58. The van der Waals surface area contributed by atoms with Crippen molar-refractivity contribution in [2.24, 2.45) is 0 Å².